The van der Waals surface area contributed by atoms with E-state index in [2.05, 4.69) is 53.1 Å². The van der Waals surface area contributed by atoms with Gasteiger partial charge in [-0.05, 0) is 147 Å². The number of nitrogens with zero attached hydrogens (tertiary/aromatic N) is 9. The topological polar surface area (TPSA) is 239 Å². The van der Waals surface area contributed by atoms with Gasteiger partial charge >= 0.3 is 11.9 Å². The molecule has 0 saturated carbocycles. The van der Waals surface area contributed by atoms with Crippen LogP contribution in [0.15, 0.2) is 138 Å². The molecule has 4 atom stereocenters. The van der Waals surface area contributed by atoms with E-state index in [1.807, 2.05) is 76.6 Å². The highest BCUT2D eigenvalue weighted by Crippen LogP contribution is 2.43. The predicted molar refractivity (Wildman–Crippen MR) is 355 cm³/mol. The van der Waals surface area contributed by atoms with Crippen LogP contribution in [0.3, 0.4) is 0 Å². The Labute approximate surface area is 554 Å². The smallest absolute Gasteiger partial charge is 0.311 e. The van der Waals surface area contributed by atoms with Crippen molar-refractivity contribution >= 4 is 63.2 Å². The lowest BCUT2D eigenvalue weighted by Gasteiger charge is -2.33. The van der Waals surface area contributed by atoms with Gasteiger partial charge in [0.05, 0.1) is 57.8 Å². The number of alkyl halides is 1. The van der Waals surface area contributed by atoms with Crippen molar-refractivity contribution in [3.05, 3.63) is 222 Å². The highest BCUT2D eigenvalue weighted by molar-refractivity contribution is 9.08. The number of halogens is 5. The van der Waals surface area contributed by atoms with Crippen LogP contribution in [-0.4, -0.2) is 70.7 Å². The summed E-state index contributed by atoms with van der Waals surface area (Å²) in [6.07, 6.45) is 7.77. The highest BCUT2D eigenvalue weighted by Gasteiger charge is 2.43. The Morgan fingerprint density at radius 1 is 0.699 bits per heavy atom. The van der Waals surface area contributed by atoms with Crippen LogP contribution < -0.4 is 15.2 Å². The molecule has 0 aliphatic rings. The first-order valence-electron chi connectivity index (χ1n) is 29.6. The molecule has 482 valence electrons. The number of nitrogens with two attached hydrogens (primary N) is 1. The number of carbonyl (C=O) groups is 2. The largest absolute Gasteiger partial charge is 0.426 e. The summed E-state index contributed by atoms with van der Waals surface area (Å²) in [5.74, 6) is -3.53. The third kappa shape index (κ3) is 18.4. The summed E-state index contributed by atoms with van der Waals surface area (Å²) in [5.41, 5.74) is 11.3. The van der Waals surface area contributed by atoms with Gasteiger partial charge in [-0.1, -0.05) is 80.0 Å². The maximum atomic E-state index is 15.2. The van der Waals surface area contributed by atoms with Crippen LogP contribution in [0.5, 0.6) is 11.5 Å². The monoisotopic (exact) mass is 1370 g/mol. The number of rotatable bonds is 22. The average Bonchev–Trinajstić information content (AvgIpc) is 1.77. The van der Waals surface area contributed by atoms with Crippen LogP contribution >= 0.6 is 38.6 Å². The fraction of sp³-hybridized carbons (Fsp3) is 0.286. The van der Waals surface area contributed by atoms with E-state index in [0.29, 0.717) is 69.8 Å². The van der Waals surface area contributed by atoms with Gasteiger partial charge in [-0.3, -0.25) is 9.59 Å². The van der Waals surface area contributed by atoms with Crippen LogP contribution in [0.2, 0.25) is 0 Å². The van der Waals surface area contributed by atoms with E-state index in [1.165, 1.54) is 58.3 Å². The minimum absolute atomic E-state index is 0.139. The molecule has 3 aromatic heterocycles. The van der Waals surface area contributed by atoms with Crippen molar-refractivity contribution in [3.8, 4) is 46.2 Å². The summed E-state index contributed by atoms with van der Waals surface area (Å²) in [6, 6.07) is 31.8. The van der Waals surface area contributed by atoms with E-state index < -0.39 is 46.3 Å². The first-order chi connectivity index (χ1) is 44.5. The first-order valence-corrected chi connectivity index (χ1v) is 32.4. The summed E-state index contributed by atoms with van der Waals surface area (Å²) in [6.45, 7) is 14.8. The van der Waals surface area contributed by atoms with Crippen LogP contribution in [0.1, 0.15) is 131 Å². The Hall–Kier alpha value is -9.10. The molecule has 1 unspecified atom stereocenters. The Bertz CT molecular complexity index is 4160. The number of carbonyl (C=O) groups excluding carboxylic acids is 2. The zero-order chi connectivity index (χ0) is 67.6. The van der Waals surface area contributed by atoms with Gasteiger partial charge in [0, 0.05) is 63.0 Å². The van der Waals surface area contributed by atoms with Crippen molar-refractivity contribution in [2.75, 3.05) is 6.54 Å². The lowest BCUT2D eigenvalue weighted by atomic mass is 9.82. The van der Waals surface area contributed by atoms with Crippen molar-refractivity contribution < 1.29 is 51.4 Å². The van der Waals surface area contributed by atoms with E-state index in [-0.39, 0.29) is 36.2 Å². The van der Waals surface area contributed by atoms with Gasteiger partial charge < -0.3 is 25.4 Å². The second-order valence-electron chi connectivity index (χ2n) is 22.1. The highest BCUT2D eigenvalue weighted by atomic mass is 79.9. The molecule has 16 nitrogen and oxygen atoms in total. The van der Waals surface area contributed by atoms with E-state index >= 15 is 4.39 Å². The maximum Gasteiger partial charge on any atom is 0.311 e. The number of aryl methyl sites for hydroxylation is 4. The molecule has 9 rings (SSSR count). The van der Waals surface area contributed by atoms with Crippen LogP contribution in [0, 0.1) is 73.6 Å². The van der Waals surface area contributed by atoms with E-state index in [0.717, 1.165) is 87.1 Å². The summed E-state index contributed by atoms with van der Waals surface area (Å²) in [5, 5.41) is 51.3. The van der Waals surface area contributed by atoms with E-state index in [1.54, 1.807) is 67.0 Å². The molecule has 0 amide bonds. The summed E-state index contributed by atoms with van der Waals surface area (Å²) >= 11 is 6.01. The maximum absolute atomic E-state index is 15.2. The van der Waals surface area contributed by atoms with Gasteiger partial charge in [-0.25, -0.2) is 41.8 Å². The second-order valence-corrected chi connectivity index (χ2v) is 24.5. The number of thiazole rings is 2. The van der Waals surface area contributed by atoms with Gasteiger partial charge in [-0.15, -0.1) is 27.7 Å². The number of hydrogen-bond acceptors (Lipinski definition) is 15. The third-order valence-corrected chi connectivity index (χ3v) is 17.9. The number of aromatic nitrogens is 5. The lowest BCUT2D eigenvalue weighted by Crippen LogP contribution is -2.38. The van der Waals surface area contributed by atoms with Crippen LogP contribution in [0.25, 0.3) is 22.5 Å². The van der Waals surface area contributed by atoms with Crippen molar-refractivity contribution in [1.29, 1.82) is 10.5 Å². The molecule has 0 fully saturated rings. The van der Waals surface area contributed by atoms with Crippen LogP contribution in [0.4, 0.5) is 17.6 Å². The molecule has 4 N–H and O–H groups in total. The van der Waals surface area contributed by atoms with Gasteiger partial charge in [0.25, 0.3) is 0 Å². The molecular formula is C70H70BrF4N10O6S2+. The molecular weight excluding hydrogens is 1300 g/mol. The number of hydrogen-bond donors (Lipinski definition) is 3. The zero-order valence-corrected chi connectivity index (χ0v) is 55.7. The molecule has 6 aromatic carbocycles. The molecule has 23 heteroatoms. The lowest BCUT2D eigenvalue weighted by molar-refractivity contribution is -0.412. The van der Waals surface area contributed by atoms with Crippen molar-refractivity contribution in [2.24, 2.45) is 10.7 Å². The van der Waals surface area contributed by atoms with Gasteiger partial charge in [0.15, 0.2) is 6.34 Å². The normalized spacial score (nSPS) is 13.2. The molecule has 3 heterocycles. The fourth-order valence-electron chi connectivity index (χ4n) is 10.1. The molecule has 93 heavy (non-hydrogen) atoms. The van der Waals surface area contributed by atoms with Crippen LogP contribution in [-0.2, 0) is 39.2 Å². The van der Waals surface area contributed by atoms with Crippen molar-refractivity contribution in [1.82, 2.24) is 24.7 Å². The van der Waals surface area contributed by atoms with Crippen molar-refractivity contribution in [3.63, 3.8) is 0 Å². The zero-order valence-electron chi connectivity index (χ0n) is 52.5. The number of aliphatic hydroxyl groups is 2. The van der Waals surface area contributed by atoms with Gasteiger partial charge in [0.2, 0.25) is 6.34 Å². The molecule has 0 saturated heterocycles. The minimum atomic E-state index is -1.97. The Morgan fingerprint density at radius 3 is 1.55 bits per heavy atom. The Morgan fingerprint density at radius 2 is 1.14 bits per heavy atom. The molecule has 0 radical (unpaired) electrons. The standard InChI is InChI=1S/C35H35F2N5O3S.C22H17F2N5OS.C13H17BrO2/c1-5-6-32(43)45-33-22(2)13-26(14-23(33)3)17-42(20-39)21-40-19-35(44,29-15-28(36)11-12-30(29)37)24(4)34-41-31(18-46-34)27-9-7-25(16-38)8-10-27;1-14(21-28-20(10-31-21)16-4-2-15(9-25)3-5-16)22(30,11-29-13-26-12-27-29)18-8-17(23)6-7-19(18)24;1-4-5-12(15)16-13-9(2)6-11(8-14)7-10(13)3/h7-15,18,20-21,24,39,44H,5-6,17,19H2,1-4H3;2-8,10,12-14,30H,11H2,1H3;6-7H,4-5,8H2,1-3H3/p+1/t24-,35?;14-,22+;/m00./s1. The molecule has 0 aliphatic heterocycles. The van der Waals surface area contributed by atoms with Gasteiger partial charge in [-0.2, -0.15) is 15.6 Å². The summed E-state index contributed by atoms with van der Waals surface area (Å²) in [7, 11) is 0. The third-order valence-electron chi connectivity index (χ3n) is 15.1. The SMILES string of the molecule is CCCC(=O)Oc1c(C)cc(CBr)cc1C.CCCC(=O)Oc1c(C)cc(C[N+](C=NCC(O)(c2cc(F)ccc2F)[C@@H](C)c2nc(-c3ccc(C#N)cc3)cs2)=CN)cc1C.C[C@@H](c1nc(-c2ccc(C#N)cc2)cs1)[C@](O)(Cn1cncn1)c1cc(F)ccc1F. The van der Waals surface area contributed by atoms with Crippen molar-refractivity contribution in [2.45, 2.75) is 123 Å². The molecule has 9 aromatic rings. The first kappa shape index (κ1) is 71.3. The Kier molecular flexibility index (Phi) is 25.3. The summed E-state index contributed by atoms with van der Waals surface area (Å²) in [4.78, 5) is 41.1. The second kappa shape index (κ2) is 33.0. The van der Waals surface area contributed by atoms with E-state index in [9.17, 15) is 33.0 Å². The number of nitriles is 2. The molecule has 0 bridgehead atoms. The summed E-state index contributed by atoms with van der Waals surface area (Å²) < 4.78 is 72.1. The molecule has 0 spiro atoms. The number of esters is 2. The van der Waals surface area contributed by atoms with Gasteiger partial charge in [0.1, 0.15) is 65.2 Å². The molecule has 0 aliphatic carbocycles. The number of aliphatic imine (C=N–C) groups is 1. The average molecular weight is 1370 g/mol. The Balaban J connectivity index is 0.000000223. The number of ether oxygens (including phenoxy) is 2. The quantitative estimate of drug-likeness (QED) is 0.0109. The van der Waals surface area contributed by atoms with E-state index in [4.69, 9.17) is 25.7 Å². The number of benzene rings is 6. The predicted octanol–water partition coefficient (Wildman–Crippen LogP) is 14.6. The minimum Gasteiger partial charge on any atom is -0.426 e. The fourth-order valence-corrected chi connectivity index (χ4v) is 12.4.